The van der Waals surface area contributed by atoms with Gasteiger partial charge in [-0.3, -0.25) is 4.40 Å². The maximum Gasteiger partial charge on any atom is 0.149 e. The Labute approximate surface area is 88.5 Å². The summed E-state index contributed by atoms with van der Waals surface area (Å²) in [6.07, 6.45) is 3.59. The number of rotatable bonds is 2. The number of fused-ring (bicyclic) bond motifs is 1. The Bertz CT molecular complexity index is 486. The third-order valence-corrected chi connectivity index (χ3v) is 2.29. The molecule has 0 atom stereocenters. The first-order valence-corrected chi connectivity index (χ1v) is 4.82. The largest absolute Gasteiger partial charge is 0.382 e. The molecule has 0 aromatic carbocycles. The van der Waals surface area contributed by atoms with Crippen molar-refractivity contribution in [1.29, 1.82) is 0 Å². The van der Waals surface area contributed by atoms with Crippen LogP contribution in [0.2, 0.25) is 0 Å². The van der Waals surface area contributed by atoms with E-state index in [0.717, 1.165) is 23.6 Å². The lowest BCUT2D eigenvalue weighted by Gasteiger charge is -2.08. The van der Waals surface area contributed by atoms with E-state index in [1.165, 1.54) is 0 Å². The first kappa shape index (κ1) is 9.92. The minimum Gasteiger partial charge on any atom is -0.382 e. The number of aryl methyl sites for hydroxylation is 1. The monoisotopic (exact) mass is 205 g/mol. The topological polar surface area (TPSA) is 59.5 Å². The lowest BCUT2D eigenvalue weighted by atomic mass is 10.4. The van der Waals surface area contributed by atoms with Crippen molar-refractivity contribution in [2.24, 2.45) is 0 Å². The lowest BCUT2D eigenvalue weighted by Crippen LogP contribution is -2.13. The third-order valence-electron chi connectivity index (χ3n) is 2.29. The van der Waals surface area contributed by atoms with E-state index in [-0.39, 0.29) is 0 Å². The first-order chi connectivity index (χ1) is 7.09. The van der Waals surface area contributed by atoms with Gasteiger partial charge in [-0.05, 0) is 21.0 Å². The van der Waals surface area contributed by atoms with Gasteiger partial charge in [0, 0.05) is 12.4 Å². The molecule has 2 aromatic rings. The molecule has 5 heteroatoms. The Morgan fingerprint density at radius 2 is 2.20 bits per heavy atom. The summed E-state index contributed by atoms with van der Waals surface area (Å²) in [5.41, 5.74) is 7.66. The van der Waals surface area contributed by atoms with Gasteiger partial charge in [-0.15, -0.1) is 0 Å². The SMILES string of the molecule is Cc1nc(CN(C)C)n2ccnc(N)c12. The Hall–Kier alpha value is -1.62. The average Bonchev–Trinajstić information content (AvgIpc) is 2.44. The summed E-state index contributed by atoms with van der Waals surface area (Å²) < 4.78 is 2.00. The Morgan fingerprint density at radius 3 is 2.87 bits per heavy atom. The normalized spacial score (nSPS) is 11.5. The molecule has 0 saturated carbocycles. The standard InChI is InChI=1S/C10H15N5/c1-7-9-10(11)12-4-5-15(9)8(13-7)6-14(2)3/h4-5H,6H2,1-3H3,(H2,11,12). The third kappa shape index (κ3) is 1.66. The second-order valence-electron chi connectivity index (χ2n) is 3.88. The van der Waals surface area contributed by atoms with Crippen LogP contribution in [0.3, 0.4) is 0 Å². The molecule has 15 heavy (non-hydrogen) atoms. The van der Waals surface area contributed by atoms with Crippen molar-refractivity contribution < 1.29 is 0 Å². The fraction of sp³-hybridized carbons (Fsp3) is 0.400. The fourth-order valence-corrected chi connectivity index (χ4v) is 1.71. The van der Waals surface area contributed by atoms with Gasteiger partial charge in [-0.25, -0.2) is 9.97 Å². The summed E-state index contributed by atoms with van der Waals surface area (Å²) in [7, 11) is 4.03. The zero-order valence-corrected chi connectivity index (χ0v) is 9.23. The number of nitrogen functional groups attached to an aromatic ring is 1. The Balaban J connectivity index is 2.63. The summed E-state index contributed by atoms with van der Waals surface area (Å²) >= 11 is 0. The molecule has 0 aliphatic carbocycles. The fourth-order valence-electron chi connectivity index (χ4n) is 1.71. The van der Waals surface area contributed by atoms with E-state index in [2.05, 4.69) is 14.9 Å². The predicted octanol–water partition coefficient (Wildman–Crippen LogP) is 0.682. The van der Waals surface area contributed by atoms with Crippen molar-refractivity contribution in [2.75, 3.05) is 19.8 Å². The number of imidazole rings is 1. The molecule has 5 nitrogen and oxygen atoms in total. The van der Waals surface area contributed by atoms with E-state index in [0.29, 0.717) is 5.82 Å². The molecule has 0 saturated heterocycles. The summed E-state index contributed by atoms with van der Waals surface area (Å²) in [4.78, 5) is 10.6. The molecular weight excluding hydrogens is 190 g/mol. The molecule has 0 unspecified atom stereocenters. The van der Waals surface area contributed by atoms with Gasteiger partial charge in [-0.1, -0.05) is 0 Å². The van der Waals surface area contributed by atoms with Crippen LogP contribution in [0.25, 0.3) is 5.52 Å². The van der Waals surface area contributed by atoms with Gasteiger partial charge >= 0.3 is 0 Å². The van der Waals surface area contributed by atoms with E-state index in [1.807, 2.05) is 31.6 Å². The van der Waals surface area contributed by atoms with Gasteiger partial charge in [-0.2, -0.15) is 0 Å². The molecule has 0 radical (unpaired) electrons. The molecule has 2 heterocycles. The summed E-state index contributed by atoms with van der Waals surface area (Å²) in [5, 5.41) is 0. The van der Waals surface area contributed by atoms with Gasteiger partial charge in [0.15, 0.2) is 0 Å². The Morgan fingerprint density at radius 1 is 1.47 bits per heavy atom. The molecule has 0 fully saturated rings. The molecule has 0 aliphatic heterocycles. The van der Waals surface area contributed by atoms with Crippen molar-refractivity contribution in [1.82, 2.24) is 19.3 Å². The van der Waals surface area contributed by atoms with Crippen LogP contribution >= 0.6 is 0 Å². The van der Waals surface area contributed by atoms with E-state index >= 15 is 0 Å². The summed E-state index contributed by atoms with van der Waals surface area (Å²) in [6, 6.07) is 0. The average molecular weight is 205 g/mol. The highest BCUT2D eigenvalue weighted by Crippen LogP contribution is 2.17. The highest BCUT2D eigenvalue weighted by atomic mass is 15.1. The maximum absolute atomic E-state index is 5.82. The molecule has 0 amide bonds. The summed E-state index contributed by atoms with van der Waals surface area (Å²) in [5.74, 6) is 1.52. The van der Waals surface area contributed by atoms with Gasteiger partial charge in [0.05, 0.1) is 12.2 Å². The Kier molecular flexibility index (Phi) is 2.32. The zero-order chi connectivity index (χ0) is 11.0. The number of nitrogens with two attached hydrogens (primary N) is 1. The number of hydrogen-bond donors (Lipinski definition) is 1. The lowest BCUT2D eigenvalue weighted by molar-refractivity contribution is 0.389. The highest BCUT2D eigenvalue weighted by molar-refractivity contribution is 5.68. The number of aromatic nitrogens is 3. The van der Waals surface area contributed by atoms with Crippen LogP contribution < -0.4 is 5.73 Å². The predicted molar refractivity (Wildman–Crippen MR) is 59.5 cm³/mol. The number of hydrogen-bond acceptors (Lipinski definition) is 4. The molecule has 80 valence electrons. The highest BCUT2D eigenvalue weighted by Gasteiger charge is 2.10. The first-order valence-electron chi connectivity index (χ1n) is 4.82. The van der Waals surface area contributed by atoms with Crippen LogP contribution in [0.4, 0.5) is 5.82 Å². The van der Waals surface area contributed by atoms with Crippen LogP contribution in [0, 0.1) is 6.92 Å². The van der Waals surface area contributed by atoms with E-state index < -0.39 is 0 Å². The minimum absolute atomic E-state index is 0.535. The van der Waals surface area contributed by atoms with Crippen molar-refractivity contribution in [3.8, 4) is 0 Å². The number of anilines is 1. The van der Waals surface area contributed by atoms with Gasteiger partial charge in [0.25, 0.3) is 0 Å². The van der Waals surface area contributed by atoms with Crippen molar-refractivity contribution >= 4 is 11.3 Å². The van der Waals surface area contributed by atoms with E-state index in [1.54, 1.807) is 6.20 Å². The molecule has 2 rings (SSSR count). The molecule has 2 N–H and O–H groups in total. The molecule has 0 bridgehead atoms. The van der Waals surface area contributed by atoms with Crippen molar-refractivity contribution in [3.05, 3.63) is 23.9 Å². The van der Waals surface area contributed by atoms with Crippen LogP contribution in [0.5, 0.6) is 0 Å². The second kappa shape index (κ2) is 3.51. The molecule has 2 aromatic heterocycles. The second-order valence-corrected chi connectivity index (χ2v) is 3.88. The smallest absolute Gasteiger partial charge is 0.149 e. The van der Waals surface area contributed by atoms with Gasteiger partial charge in [0.2, 0.25) is 0 Å². The quantitative estimate of drug-likeness (QED) is 0.783. The van der Waals surface area contributed by atoms with Gasteiger partial charge < -0.3 is 10.6 Å². The van der Waals surface area contributed by atoms with E-state index in [4.69, 9.17) is 5.73 Å². The van der Waals surface area contributed by atoms with Gasteiger partial charge in [0.1, 0.15) is 17.2 Å². The van der Waals surface area contributed by atoms with E-state index in [9.17, 15) is 0 Å². The maximum atomic E-state index is 5.82. The van der Waals surface area contributed by atoms with Crippen molar-refractivity contribution in [3.63, 3.8) is 0 Å². The zero-order valence-electron chi connectivity index (χ0n) is 9.23. The van der Waals surface area contributed by atoms with Crippen LogP contribution in [-0.4, -0.2) is 33.4 Å². The molecule has 0 aliphatic rings. The molecule has 0 spiro atoms. The minimum atomic E-state index is 0.535. The number of nitrogens with zero attached hydrogens (tertiary/aromatic N) is 4. The summed E-state index contributed by atoms with van der Waals surface area (Å²) in [6.45, 7) is 2.74. The van der Waals surface area contributed by atoms with Crippen molar-refractivity contribution in [2.45, 2.75) is 13.5 Å². The molecular formula is C10H15N5. The van der Waals surface area contributed by atoms with Crippen LogP contribution in [0.1, 0.15) is 11.5 Å². The van der Waals surface area contributed by atoms with Crippen LogP contribution in [-0.2, 0) is 6.54 Å². The van der Waals surface area contributed by atoms with Crippen LogP contribution in [0.15, 0.2) is 12.4 Å².